The Morgan fingerprint density at radius 3 is 2.74 bits per heavy atom. The van der Waals surface area contributed by atoms with E-state index in [-0.39, 0.29) is 0 Å². The van der Waals surface area contributed by atoms with E-state index < -0.39 is 11.7 Å². The van der Waals surface area contributed by atoms with Gasteiger partial charge in [0.05, 0.1) is 17.5 Å². The first-order chi connectivity index (χ1) is 9.04. The van der Waals surface area contributed by atoms with Gasteiger partial charge in [-0.05, 0) is 18.2 Å². The van der Waals surface area contributed by atoms with Crippen molar-refractivity contribution < 1.29 is 13.2 Å². The molecule has 2 heterocycles. The van der Waals surface area contributed by atoms with Crippen LogP contribution in [0, 0.1) is 0 Å². The van der Waals surface area contributed by atoms with Crippen LogP contribution in [0.4, 0.5) is 13.2 Å². The lowest BCUT2D eigenvalue weighted by Crippen LogP contribution is -2.04. The molecular weight excluding hydrogens is 255 g/mol. The van der Waals surface area contributed by atoms with Gasteiger partial charge in [-0.15, -0.1) is 0 Å². The van der Waals surface area contributed by atoms with E-state index in [0.29, 0.717) is 22.4 Å². The van der Waals surface area contributed by atoms with Crippen molar-refractivity contribution >= 4 is 11.2 Å². The molecule has 0 fully saturated rings. The van der Waals surface area contributed by atoms with Crippen molar-refractivity contribution in [2.45, 2.75) is 6.18 Å². The Kier molecular flexibility index (Phi) is 2.51. The van der Waals surface area contributed by atoms with E-state index in [4.69, 9.17) is 0 Å². The van der Waals surface area contributed by atoms with Crippen LogP contribution in [-0.4, -0.2) is 15.0 Å². The molecule has 2 aromatic heterocycles. The number of hydrogen-bond donors (Lipinski definition) is 1. The van der Waals surface area contributed by atoms with Crippen molar-refractivity contribution in [3.63, 3.8) is 0 Å². The molecule has 96 valence electrons. The number of nitrogens with one attached hydrogen (secondary N) is 1. The van der Waals surface area contributed by atoms with E-state index >= 15 is 0 Å². The lowest BCUT2D eigenvalue weighted by atomic mass is 10.1. The van der Waals surface area contributed by atoms with Gasteiger partial charge in [0.25, 0.3) is 0 Å². The van der Waals surface area contributed by atoms with E-state index in [9.17, 15) is 13.2 Å². The highest BCUT2D eigenvalue weighted by molar-refractivity contribution is 5.74. The molecular formula is C13H8F3N3. The number of nitrogens with zero attached hydrogens (tertiary/aromatic N) is 2. The van der Waals surface area contributed by atoms with Crippen LogP contribution in [0.3, 0.4) is 0 Å². The van der Waals surface area contributed by atoms with Crippen LogP contribution in [0.1, 0.15) is 5.56 Å². The average molecular weight is 263 g/mol. The first kappa shape index (κ1) is 11.7. The molecule has 19 heavy (non-hydrogen) atoms. The van der Waals surface area contributed by atoms with Crippen LogP contribution >= 0.6 is 0 Å². The summed E-state index contributed by atoms with van der Waals surface area (Å²) in [5.74, 6) is 0. The SMILES string of the molecule is FC(F)(F)c1cccc(-c2cnc3[nH]ccc3n2)c1. The number of benzene rings is 1. The zero-order valence-electron chi connectivity index (χ0n) is 9.57. The molecule has 3 rings (SSSR count). The smallest absolute Gasteiger partial charge is 0.345 e. The molecule has 0 radical (unpaired) electrons. The standard InChI is InChI=1S/C13H8F3N3/c14-13(15,16)9-3-1-2-8(6-9)11-7-18-12-10(19-11)4-5-17-12/h1-7H,(H,17,18). The molecule has 6 heteroatoms. The summed E-state index contributed by atoms with van der Waals surface area (Å²) in [5, 5.41) is 0. The van der Waals surface area contributed by atoms with Crippen LogP contribution < -0.4 is 0 Å². The van der Waals surface area contributed by atoms with E-state index in [1.807, 2.05) is 0 Å². The summed E-state index contributed by atoms with van der Waals surface area (Å²) < 4.78 is 37.9. The fourth-order valence-corrected chi connectivity index (χ4v) is 1.82. The molecule has 0 saturated carbocycles. The van der Waals surface area contributed by atoms with Crippen molar-refractivity contribution in [1.82, 2.24) is 15.0 Å². The van der Waals surface area contributed by atoms with Crippen LogP contribution in [0.5, 0.6) is 0 Å². The normalized spacial score (nSPS) is 11.9. The first-order valence-corrected chi connectivity index (χ1v) is 5.52. The van der Waals surface area contributed by atoms with E-state index in [1.54, 1.807) is 18.3 Å². The number of hydrogen-bond acceptors (Lipinski definition) is 2. The molecule has 3 nitrogen and oxygen atoms in total. The highest BCUT2D eigenvalue weighted by Gasteiger charge is 2.30. The fourth-order valence-electron chi connectivity index (χ4n) is 1.82. The minimum Gasteiger partial charge on any atom is -0.345 e. The molecule has 0 amide bonds. The molecule has 1 N–H and O–H groups in total. The lowest BCUT2D eigenvalue weighted by Gasteiger charge is -2.08. The molecule has 1 aromatic carbocycles. The minimum atomic E-state index is -4.36. The number of rotatable bonds is 1. The number of aromatic amines is 1. The molecule has 0 atom stereocenters. The molecule has 0 unspecified atom stereocenters. The highest BCUT2D eigenvalue weighted by Crippen LogP contribution is 2.31. The monoisotopic (exact) mass is 263 g/mol. The van der Waals surface area contributed by atoms with Crippen LogP contribution in [0.25, 0.3) is 22.4 Å². The number of alkyl halides is 3. The maximum Gasteiger partial charge on any atom is 0.416 e. The number of aromatic nitrogens is 3. The maximum atomic E-state index is 12.6. The van der Waals surface area contributed by atoms with Gasteiger partial charge < -0.3 is 4.98 Å². The molecule has 0 aliphatic heterocycles. The summed E-state index contributed by atoms with van der Waals surface area (Å²) in [6.07, 6.45) is -1.23. The van der Waals surface area contributed by atoms with E-state index in [2.05, 4.69) is 15.0 Å². The summed E-state index contributed by atoms with van der Waals surface area (Å²) in [4.78, 5) is 11.3. The van der Waals surface area contributed by atoms with Crippen LogP contribution in [0.15, 0.2) is 42.7 Å². The topological polar surface area (TPSA) is 41.6 Å². The Balaban J connectivity index is 2.10. The van der Waals surface area contributed by atoms with Gasteiger partial charge >= 0.3 is 6.18 Å². The van der Waals surface area contributed by atoms with Gasteiger partial charge in [0, 0.05) is 11.8 Å². The minimum absolute atomic E-state index is 0.394. The van der Waals surface area contributed by atoms with Crippen molar-refractivity contribution in [1.29, 1.82) is 0 Å². The number of fused-ring (bicyclic) bond motifs is 1. The Morgan fingerprint density at radius 2 is 1.95 bits per heavy atom. The lowest BCUT2D eigenvalue weighted by molar-refractivity contribution is -0.137. The summed E-state index contributed by atoms with van der Waals surface area (Å²) >= 11 is 0. The van der Waals surface area contributed by atoms with Crippen molar-refractivity contribution in [2.75, 3.05) is 0 Å². The second kappa shape index (κ2) is 4.08. The summed E-state index contributed by atoms with van der Waals surface area (Å²) in [5.41, 5.74) is 1.34. The van der Waals surface area contributed by atoms with Gasteiger partial charge in [-0.1, -0.05) is 12.1 Å². The Hall–Kier alpha value is -2.37. The molecule has 0 aliphatic carbocycles. The van der Waals surface area contributed by atoms with Crippen molar-refractivity contribution in [3.8, 4) is 11.3 Å². The predicted octanol–water partition coefficient (Wildman–Crippen LogP) is 3.64. The van der Waals surface area contributed by atoms with Gasteiger partial charge in [-0.25, -0.2) is 9.97 Å². The van der Waals surface area contributed by atoms with Crippen LogP contribution in [-0.2, 0) is 6.18 Å². The molecule has 0 spiro atoms. The number of halogens is 3. The number of H-pyrrole nitrogens is 1. The summed E-state index contributed by atoms with van der Waals surface area (Å²) in [6.45, 7) is 0. The van der Waals surface area contributed by atoms with Gasteiger partial charge in [0.1, 0.15) is 5.52 Å². The predicted molar refractivity (Wildman–Crippen MR) is 64.3 cm³/mol. The first-order valence-electron chi connectivity index (χ1n) is 5.52. The molecule has 0 bridgehead atoms. The van der Waals surface area contributed by atoms with Gasteiger partial charge in [0.15, 0.2) is 5.65 Å². The second-order valence-electron chi connectivity index (χ2n) is 4.05. The fraction of sp³-hybridized carbons (Fsp3) is 0.0769. The molecule has 0 aliphatic rings. The van der Waals surface area contributed by atoms with Crippen molar-refractivity contribution in [2.24, 2.45) is 0 Å². The van der Waals surface area contributed by atoms with Crippen molar-refractivity contribution in [3.05, 3.63) is 48.3 Å². The van der Waals surface area contributed by atoms with Gasteiger partial charge in [0.2, 0.25) is 0 Å². The third-order valence-electron chi connectivity index (χ3n) is 2.75. The second-order valence-corrected chi connectivity index (χ2v) is 4.05. The van der Waals surface area contributed by atoms with Gasteiger partial charge in [-0.3, -0.25) is 0 Å². The summed E-state index contributed by atoms with van der Waals surface area (Å²) in [6, 6.07) is 6.77. The summed E-state index contributed by atoms with van der Waals surface area (Å²) in [7, 11) is 0. The highest BCUT2D eigenvalue weighted by atomic mass is 19.4. The Bertz CT molecular complexity index is 731. The molecule has 3 aromatic rings. The largest absolute Gasteiger partial charge is 0.416 e. The third kappa shape index (κ3) is 2.16. The van der Waals surface area contributed by atoms with E-state index in [0.717, 1.165) is 12.1 Å². The maximum absolute atomic E-state index is 12.6. The zero-order valence-corrected chi connectivity index (χ0v) is 9.57. The third-order valence-corrected chi connectivity index (χ3v) is 2.75. The Labute approximate surface area is 106 Å². The zero-order chi connectivity index (χ0) is 13.5. The molecule has 0 saturated heterocycles. The quantitative estimate of drug-likeness (QED) is 0.728. The average Bonchev–Trinajstić information content (AvgIpc) is 2.85. The van der Waals surface area contributed by atoms with Gasteiger partial charge in [-0.2, -0.15) is 13.2 Å². The Morgan fingerprint density at radius 1 is 1.11 bits per heavy atom. The van der Waals surface area contributed by atoms with Crippen LogP contribution in [0.2, 0.25) is 0 Å². The van der Waals surface area contributed by atoms with E-state index in [1.165, 1.54) is 12.3 Å².